The lowest BCUT2D eigenvalue weighted by Gasteiger charge is -2.37. The Bertz CT molecular complexity index is 2270. The summed E-state index contributed by atoms with van der Waals surface area (Å²) in [7, 11) is 4.88. The van der Waals surface area contributed by atoms with Gasteiger partial charge in [-0.3, -0.25) is 10.1 Å². The summed E-state index contributed by atoms with van der Waals surface area (Å²) in [5.74, 6) is 1.74. The van der Waals surface area contributed by atoms with Crippen LogP contribution in [0.15, 0.2) is 140 Å². The van der Waals surface area contributed by atoms with Crippen molar-refractivity contribution >= 4 is 23.9 Å². The number of nitro benzene ring substituents is 1. The molecule has 6 aromatic carbocycles. The number of hydrogen-bond donors (Lipinski definition) is 1. The van der Waals surface area contributed by atoms with Gasteiger partial charge in [-0.05, 0) is 93.0 Å². The topological polar surface area (TPSA) is 100 Å². The molecule has 0 amide bonds. The Labute approximate surface area is 328 Å². The zero-order valence-corrected chi connectivity index (χ0v) is 32.0. The molecule has 0 radical (unpaired) electrons. The fraction of sp³-hybridized carbons (Fsp3) is 0.167. The number of benzene rings is 6. The first-order valence-electron chi connectivity index (χ1n) is 18.2. The molecule has 0 heterocycles. The first kappa shape index (κ1) is 39.2. The highest BCUT2D eigenvalue weighted by atomic mass is 16.6. The quantitative estimate of drug-likeness (QED) is 0.0455. The highest BCUT2D eigenvalue weighted by Gasteiger charge is 2.38. The minimum Gasteiger partial charge on any atom is -0.497 e. The van der Waals surface area contributed by atoms with Crippen molar-refractivity contribution in [2.45, 2.75) is 25.0 Å². The standard InChI is InChI=1S/C48H45NO7/c1-6-35-15-17-38(30-47(35)55-5)37-18-16-36(39(29-37)31-50)14-12-34-13-27-46(49(51)52)45(28-34)33(2)32-56-48(40-10-8-7-9-11-40,41-19-23-43(53-3)24-20-41)42-21-25-44(54-4)26-22-42/h6-30,33,50H,1,31-32H2,2-5H3/b14-12+. The van der Waals surface area contributed by atoms with Gasteiger partial charge >= 0.3 is 0 Å². The van der Waals surface area contributed by atoms with Crippen LogP contribution in [0.3, 0.4) is 0 Å². The number of hydrogen-bond acceptors (Lipinski definition) is 7. The maximum atomic E-state index is 12.4. The van der Waals surface area contributed by atoms with Crippen LogP contribution in [0.2, 0.25) is 0 Å². The van der Waals surface area contributed by atoms with E-state index in [2.05, 4.69) is 6.58 Å². The van der Waals surface area contributed by atoms with Crippen LogP contribution >= 0.6 is 0 Å². The molecule has 0 bridgehead atoms. The van der Waals surface area contributed by atoms with Gasteiger partial charge in [0.2, 0.25) is 0 Å². The molecular weight excluding hydrogens is 703 g/mol. The average molecular weight is 748 g/mol. The van der Waals surface area contributed by atoms with Gasteiger partial charge in [0.25, 0.3) is 5.69 Å². The van der Waals surface area contributed by atoms with Crippen molar-refractivity contribution in [1.29, 1.82) is 0 Å². The number of methoxy groups -OCH3 is 3. The van der Waals surface area contributed by atoms with Gasteiger partial charge in [-0.25, -0.2) is 0 Å². The van der Waals surface area contributed by atoms with Gasteiger partial charge in [0.15, 0.2) is 0 Å². The molecule has 0 spiro atoms. The molecule has 0 saturated heterocycles. The van der Waals surface area contributed by atoms with Crippen LogP contribution in [0.25, 0.3) is 29.4 Å². The number of aliphatic hydroxyl groups is 1. The minimum absolute atomic E-state index is 0.00996. The molecule has 284 valence electrons. The lowest BCUT2D eigenvalue weighted by molar-refractivity contribution is -0.385. The summed E-state index contributed by atoms with van der Waals surface area (Å²) in [5, 5.41) is 22.7. The molecule has 0 aromatic heterocycles. The number of rotatable bonds is 16. The van der Waals surface area contributed by atoms with E-state index in [4.69, 9.17) is 18.9 Å². The third kappa shape index (κ3) is 8.27. The Kier molecular flexibility index (Phi) is 12.4. The van der Waals surface area contributed by atoms with E-state index >= 15 is 0 Å². The molecule has 8 nitrogen and oxygen atoms in total. The molecule has 0 aliphatic carbocycles. The number of nitrogens with zero attached hydrogens (tertiary/aromatic N) is 1. The van der Waals surface area contributed by atoms with Crippen molar-refractivity contribution in [1.82, 2.24) is 0 Å². The van der Waals surface area contributed by atoms with E-state index in [1.807, 2.05) is 140 Å². The Balaban J connectivity index is 1.34. The SMILES string of the molecule is C=Cc1ccc(-c2ccc(/C=C/c3ccc([N+](=O)[O-])c(C(C)COC(c4ccccc4)(c4ccc(OC)cc4)c4ccc(OC)cc4)c3)c(CO)c2)cc1OC. The van der Waals surface area contributed by atoms with Crippen LogP contribution in [-0.4, -0.2) is 38.0 Å². The van der Waals surface area contributed by atoms with Crippen LogP contribution < -0.4 is 14.2 Å². The molecule has 56 heavy (non-hydrogen) atoms. The van der Waals surface area contributed by atoms with Crippen molar-refractivity contribution in [3.05, 3.63) is 195 Å². The third-order valence-corrected chi connectivity index (χ3v) is 10.1. The summed E-state index contributed by atoms with van der Waals surface area (Å²) < 4.78 is 23.6. The molecule has 0 aliphatic heterocycles. The van der Waals surface area contributed by atoms with Gasteiger partial charge in [0.1, 0.15) is 22.8 Å². The van der Waals surface area contributed by atoms with Crippen molar-refractivity contribution in [3.63, 3.8) is 0 Å². The average Bonchev–Trinajstić information content (AvgIpc) is 3.26. The number of nitro groups is 1. The van der Waals surface area contributed by atoms with Gasteiger partial charge in [-0.15, -0.1) is 0 Å². The first-order valence-corrected chi connectivity index (χ1v) is 18.2. The fourth-order valence-corrected chi connectivity index (χ4v) is 6.98. The van der Waals surface area contributed by atoms with Crippen LogP contribution in [-0.2, 0) is 16.9 Å². The Morgan fingerprint density at radius 1 is 0.714 bits per heavy atom. The number of ether oxygens (including phenoxy) is 4. The monoisotopic (exact) mass is 747 g/mol. The van der Waals surface area contributed by atoms with E-state index in [1.165, 1.54) is 0 Å². The highest BCUT2D eigenvalue weighted by molar-refractivity contribution is 5.76. The summed E-state index contributed by atoms with van der Waals surface area (Å²) in [6.45, 7) is 5.77. The van der Waals surface area contributed by atoms with Gasteiger partial charge in [-0.1, -0.05) is 111 Å². The molecule has 6 rings (SSSR count). The molecule has 0 fully saturated rings. The van der Waals surface area contributed by atoms with E-state index in [9.17, 15) is 15.2 Å². The van der Waals surface area contributed by atoms with E-state index in [-0.39, 0.29) is 29.7 Å². The van der Waals surface area contributed by atoms with Crippen LogP contribution in [0, 0.1) is 10.1 Å². The molecule has 1 atom stereocenters. The van der Waals surface area contributed by atoms with Gasteiger partial charge in [0.05, 0.1) is 39.5 Å². The predicted molar refractivity (Wildman–Crippen MR) is 223 cm³/mol. The summed E-state index contributed by atoms with van der Waals surface area (Å²) in [5.41, 5.74) is 7.22. The van der Waals surface area contributed by atoms with Gasteiger partial charge in [0, 0.05) is 23.1 Å². The van der Waals surface area contributed by atoms with Crippen LogP contribution in [0.5, 0.6) is 17.2 Å². The van der Waals surface area contributed by atoms with Crippen molar-refractivity contribution < 1.29 is 29.0 Å². The summed E-state index contributed by atoms with van der Waals surface area (Å²) >= 11 is 0. The number of aliphatic hydroxyl groups excluding tert-OH is 1. The minimum atomic E-state index is -1.08. The zero-order chi connectivity index (χ0) is 39.7. The molecule has 8 heteroatoms. The summed E-state index contributed by atoms with van der Waals surface area (Å²) in [6.07, 6.45) is 5.56. The largest absolute Gasteiger partial charge is 0.497 e. The summed E-state index contributed by atoms with van der Waals surface area (Å²) in [4.78, 5) is 12.0. The molecular formula is C48H45NO7. The van der Waals surface area contributed by atoms with E-state index in [0.29, 0.717) is 22.8 Å². The summed E-state index contributed by atoms with van der Waals surface area (Å²) in [6, 6.07) is 42.4. The maximum Gasteiger partial charge on any atom is 0.272 e. The van der Waals surface area contributed by atoms with Gasteiger partial charge in [-0.2, -0.15) is 0 Å². The smallest absolute Gasteiger partial charge is 0.272 e. The van der Waals surface area contributed by atoms with Crippen LogP contribution in [0.1, 0.15) is 57.3 Å². The van der Waals surface area contributed by atoms with E-state index in [0.717, 1.165) is 50.1 Å². The normalized spacial score (nSPS) is 11.9. The lowest BCUT2D eigenvalue weighted by Crippen LogP contribution is -2.34. The van der Waals surface area contributed by atoms with Crippen molar-refractivity contribution in [2.75, 3.05) is 27.9 Å². The Morgan fingerprint density at radius 2 is 1.30 bits per heavy atom. The third-order valence-electron chi connectivity index (χ3n) is 10.1. The maximum absolute atomic E-state index is 12.4. The fourth-order valence-electron chi connectivity index (χ4n) is 6.98. The second kappa shape index (κ2) is 17.8. The van der Waals surface area contributed by atoms with E-state index < -0.39 is 5.60 Å². The Morgan fingerprint density at radius 3 is 1.86 bits per heavy atom. The Hall–Kier alpha value is -6.48. The van der Waals surface area contributed by atoms with Crippen LogP contribution in [0.4, 0.5) is 5.69 Å². The highest BCUT2D eigenvalue weighted by Crippen LogP contribution is 2.43. The van der Waals surface area contributed by atoms with Crippen molar-refractivity contribution in [3.8, 4) is 28.4 Å². The molecule has 1 unspecified atom stereocenters. The van der Waals surface area contributed by atoms with Crippen molar-refractivity contribution in [2.24, 2.45) is 0 Å². The second-order valence-electron chi connectivity index (χ2n) is 13.4. The molecule has 1 N–H and O–H groups in total. The second-order valence-corrected chi connectivity index (χ2v) is 13.4. The predicted octanol–water partition coefficient (Wildman–Crippen LogP) is 10.7. The first-order chi connectivity index (χ1) is 27.2. The zero-order valence-electron chi connectivity index (χ0n) is 32.0. The molecule has 0 saturated carbocycles. The molecule has 0 aliphatic rings. The van der Waals surface area contributed by atoms with Gasteiger partial charge < -0.3 is 24.1 Å². The molecule has 6 aromatic rings. The van der Waals surface area contributed by atoms with E-state index in [1.54, 1.807) is 39.5 Å². The lowest BCUT2D eigenvalue weighted by atomic mass is 9.79.